The Hall–Kier alpha value is -1.32. The minimum atomic E-state index is -0.0715. The topological polar surface area (TPSA) is 57.8 Å². The predicted octanol–water partition coefficient (Wildman–Crippen LogP) is 2.92. The number of aromatic amines is 1. The van der Waals surface area contributed by atoms with Crippen molar-refractivity contribution in [3.63, 3.8) is 0 Å². The first-order chi connectivity index (χ1) is 8.63. The fourth-order valence-electron chi connectivity index (χ4n) is 1.87. The van der Waals surface area contributed by atoms with E-state index >= 15 is 0 Å². The van der Waals surface area contributed by atoms with Gasteiger partial charge in [-0.3, -0.25) is 9.89 Å². The molecule has 0 aromatic carbocycles. The summed E-state index contributed by atoms with van der Waals surface area (Å²) in [5, 5.41) is 9.87. The minimum Gasteiger partial charge on any atom is -0.351 e. The van der Waals surface area contributed by atoms with E-state index in [9.17, 15) is 4.79 Å². The van der Waals surface area contributed by atoms with E-state index in [0.29, 0.717) is 11.6 Å². The van der Waals surface area contributed by atoms with Crippen LogP contribution in [0.3, 0.4) is 0 Å². The Labute approximate surface area is 110 Å². The van der Waals surface area contributed by atoms with Crippen molar-refractivity contribution in [3.05, 3.63) is 17.5 Å². The van der Waals surface area contributed by atoms with Crippen molar-refractivity contribution >= 4 is 5.91 Å². The number of amides is 1. The lowest BCUT2D eigenvalue weighted by atomic mass is 10.1. The number of H-pyrrole nitrogens is 1. The molecule has 18 heavy (non-hydrogen) atoms. The zero-order valence-corrected chi connectivity index (χ0v) is 11.8. The third-order valence-corrected chi connectivity index (χ3v) is 2.81. The highest BCUT2D eigenvalue weighted by atomic mass is 16.1. The first kappa shape index (κ1) is 14.7. The zero-order chi connectivity index (χ0) is 13.4. The van der Waals surface area contributed by atoms with Crippen LogP contribution in [0.5, 0.6) is 0 Å². The number of rotatable bonds is 8. The fraction of sp³-hybridized carbons (Fsp3) is 0.714. The smallest absolute Gasteiger partial charge is 0.271 e. The molecule has 1 aromatic heterocycles. The molecule has 0 saturated carbocycles. The molecular weight excluding hydrogens is 226 g/mol. The van der Waals surface area contributed by atoms with E-state index in [1.807, 2.05) is 6.07 Å². The number of nitrogens with one attached hydrogen (secondary N) is 2. The summed E-state index contributed by atoms with van der Waals surface area (Å²) in [4.78, 5) is 11.8. The van der Waals surface area contributed by atoms with E-state index in [2.05, 4.69) is 36.3 Å². The molecule has 0 aliphatic rings. The average Bonchev–Trinajstić information content (AvgIpc) is 2.76. The van der Waals surface area contributed by atoms with Gasteiger partial charge in [-0.05, 0) is 24.8 Å². The molecule has 0 atom stereocenters. The predicted molar refractivity (Wildman–Crippen MR) is 73.6 cm³/mol. The van der Waals surface area contributed by atoms with Gasteiger partial charge in [-0.1, -0.05) is 40.0 Å². The van der Waals surface area contributed by atoms with Gasteiger partial charge in [0.05, 0.1) is 0 Å². The molecular formula is C14H25N3O. The zero-order valence-electron chi connectivity index (χ0n) is 11.8. The van der Waals surface area contributed by atoms with Crippen molar-refractivity contribution in [1.82, 2.24) is 15.5 Å². The number of nitrogens with zero attached hydrogens (tertiary/aromatic N) is 1. The molecule has 0 bridgehead atoms. The summed E-state index contributed by atoms with van der Waals surface area (Å²) in [6, 6.07) is 1.85. The maximum absolute atomic E-state index is 11.8. The average molecular weight is 251 g/mol. The lowest BCUT2D eigenvalue weighted by Crippen LogP contribution is -2.24. The van der Waals surface area contributed by atoms with Gasteiger partial charge in [0.1, 0.15) is 5.69 Å². The van der Waals surface area contributed by atoms with E-state index < -0.39 is 0 Å². The summed E-state index contributed by atoms with van der Waals surface area (Å²) in [6.45, 7) is 7.21. The molecule has 2 N–H and O–H groups in total. The van der Waals surface area contributed by atoms with Crippen molar-refractivity contribution in [2.75, 3.05) is 6.54 Å². The molecule has 102 valence electrons. The van der Waals surface area contributed by atoms with E-state index in [0.717, 1.165) is 25.1 Å². The van der Waals surface area contributed by atoms with Gasteiger partial charge < -0.3 is 5.32 Å². The summed E-state index contributed by atoms with van der Waals surface area (Å²) >= 11 is 0. The second kappa shape index (κ2) is 7.90. The van der Waals surface area contributed by atoms with Crippen molar-refractivity contribution in [1.29, 1.82) is 0 Å². The molecule has 0 unspecified atom stereocenters. The normalized spacial score (nSPS) is 10.9. The summed E-state index contributed by atoms with van der Waals surface area (Å²) in [6.07, 6.45) is 5.60. The standard InChI is InChI=1S/C14H25N3O/c1-4-5-6-7-8-15-14(18)13-10-12(16-17-13)9-11(2)3/h10-11H,4-9H2,1-3H3,(H,15,18)(H,16,17). The van der Waals surface area contributed by atoms with Crippen LogP contribution < -0.4 is 5.32 Å². The highest BCUT2D eigenvalue weighted by Crippen LogP contribution is 2.06. The van der Waals surface area contributed by atoms with Crippen LogP contribution in [0.4, 0.5) is 0 Å². The Morgan fingerprint density at radius 2 is 2.17 bits per heavy atom. The molecule has 1 rings (SSSR count). The molecule has 1 amide bonds. The second-order valence-corrected chi connectivity index (χ2v) is 5.19. The maximum Gasteiger partial charge on any atom is 0.271 e. The quantitative estimate of drug-likeness (QED) is 0.698. The summed E-state index contributed by atoms with van der Waals surface area (Å²) in [5.74, 6) is 0.494. The SMILES string of the molecule is CCCCCCNC(=O)c1cc(CC(C)C)[nH]n1. The second-order valence-electron chi connectivity index (χ2n) is 5.19. The van der Waals surface area contributed by atoms with Gasteiger partial charge in [-0.15, -0.1) is 0 Å². The first-order valence-electron chi connectivity index (χ1n) is 6.96. The van der Waals surface area contributed by atoms with Gasteiger partial charge >= 0.3 is 0 Å². The van der Waals surface area contributed by atoms with Gasteiger partial charge in [-0.25, -0.2) is 0 Å². The molecule has 0 fully saturated rings. The number of unbranched alkanes of at least 4 members (excludes halogenated alkanes) is 3. The number of carbonyl (C=O) groups is 1. The molecule has 0 saturated heterocycles. The summed E-state index contributed by atoms with van der Waals surface area (Å²) < 4.78 is 0. The molecule has 0 spiro atoms. The largest absolute Gasteiger partial charge is 0.351 e. The lowest BCUT2D eigenvalue weighted by Gasteiger charge is -2.02. The van der Waals surface area contributed by atoms with Crippen LogP contribution in [0.15, 0.2) is 6.07 Å². The van der Waals surface area contributed by atoms with Crippen LogP contribution in [0.2, 0.25) is 0 Å². The van der Waals surface area contributed by atoms with Crippen molar-refractivity contribution in [3.8, 4) is 0 Å². The molecule has 4 nitrogen and oxygen atoms in total. The Kier molecular flexibility index (Phi) is 6.47. The molecule has 1 aromatic rings. The number of carbonyl (C=O) groups excluding carboxylic acids is 1. The molecule has 0 aliphatic heterocycles. The van der Waals surface area contributed by atoms with Gasteiger partial charge in [0.15, 0.2) is 0 Å². The van der Waals surface area contributed by atoms with Crippen molar-refractivity contribution in [2.45, 2.75) is 52.9 Å². The van der Waals surface area contributed by atoms with E-state index in [4.69, 9.17) is 0 Å². The Morgan fingerprint density at radius 3 is 2.83 bits per heavy atom. The minimum absolute atomic E-state index is 0.0715. The monoisotopic (exact) mass is 251 g/mol. The highest BCUT2D eigenvalue weighted by Gasteiger charge is 2.10. The van der Waals surface area contributed by atoms with E-state index in [1.165, 1.54) is 19.3 Å². The number of hydrogen-bond donors (Lipinski definition) is 2. The number of hydrogen-bond acceptors (Lipinski definition) is 2. The lowest BCUT2D eigenvalue weighted by molar-refractivity contribution is 0.0948. The van der Waals surface area contributed by atoms with Crippen LogP contribution in [0.25, 0.3) is 0 Å². The van der Waals surface area contributed by atoms with Gasteiger partial charge in [0.25, 0.3) is 5.91 Å². The van der Waals surface area contributed by atoms with Crippen molar-refractivity contribution in [2.24, 2.45) is 5.92 Å². The van der Waals surface area contributed by atoms with E-state index in [-0.39, 0.29) is 5.91 Å². The molecule has 0 aliphatic carbocycles. The Balaban J connectivity index is 2.30. The molecule has 1 heterocycles. The highest BCUT2D eigenvalue weighted by molar-refractivity contribution is 5.92. The summed E-state index contributed by atoms with van der Waals surface area (Å²) in [7, 11) is 0. The van der Waals surface area contributed by atoms with Crippen LogP contribution >= 0.6 is 0 Å². The Morgan fingerprint density at radius 1 is 1.39 bits per heavy atom. The third-order valence-electron chi connectivity index (χ3n) is 2.81. The fourth-order valence-corrected chi connectivity index (χ4v) is 1.87. The van der Waals surface area contributed by atoms with Crippen LogP contribution in [0, 0.1) is 5.92 Å². The maximum atomic E-state index is 11.8. The molecule has 0 radical (unpaired) electrons. The summed E-state index contributed by atoms with van der Waals surface area (Å²) in [5.41, 5.74) is 1.53. The third kappa shape index (κ3) is 5.34. The van der Waals surface area contributed by atoms with Crippen LogP contribution in [0.1, 0.15) is 62.6 Å². The van der Waals surface area contributed by atoms with E-state index in [1.54, 1.807) is 0 Å². The van der Waals surface area contributed by atoms with Gasteiger partial charge in [0, 0.05) is 12.2 Å². The molecule has 4 heteroatoms. The van der Waals surface area contributed by atoms with Gasteiger partial charge in [-0.2, -0.15) is 5.10 Å². The number of aromatic nitrogens is 2. The van der Waals surface area contributed by atoms with Crippen LogP contribution in [-0.2, 0) is 6.42 Å². The van der Waals surface area contributed by atoms with Crippen LogP contribution in [-0.4, -0.2) is 22.6 Å². The van der Waals surface area contributed by atoms with Gasteiger partial charge in [0.2, 0.25) is 0 Å². The Bertz CT molecular complexity index is 358. The van der Waals surface area contributed by atoms with Crippen molar-refractivity contribution < 1.29 is 4.79 Å². The first-order valence-corrected chi connectivity index (χ1v) is 6.96.